The van der Waals surface area contributed by atoms with Crippen molar-refractivity contribution >= 4 is 22.8 Å². The second-order valence-corrected chi connectivity index (χ2v) is 6.19. The van der Waals surface area contributed by atoms with Crippen molar-refractivity contribution in [2.75, 3.05) is 11.1 Å². The Kier molecular flexibility index (Phi) is 4.96. The van der Waals surface area contributed by atoms with Gasteiger partial charge in [0.15, 0.2) is 5.82 Å². The van der Waals surface area contributed by atoms with E-state index in [4.69, 9.17) is 5.73 Å². The summed E-state index contributed by atoms with van der Waals surface area (Å²) in [5.41, 5.74) is 8.47. The minimum atomic E-state index is -0.0705. The maximum Gasteiger partial charge on any atom is 0.222 e. The molecule has 3 N–H and O–H groups in total. The molecule has 5 nitrogen and oxygen atoms in total. The van der Waals surface area contributed by atoms with Gasteiger partial charge in [0.1, 0.15) is 5.52 Å². The highest BCUT2D eigenvalue weighted by molar-refractivity contribution is 5.86. The molecule has 0 aliphatic heterocycles. The first-order valence-electron chi connectivity index (χ1n) is 7.74. The van der Waals surface area contributed by atoms with E-state index in [2.05, 4.69) is 47.6 Å². The van der Waals surface area contributed by atoms with Crippen LogP contribution in [-0.4, -0.2) is 20.5 Å². The quantitative estimate of drug-likeness (QED) is 0.757. The number of nitrogen functional groups attached to an aromatic ring is 1. The molecule has 0 amide bonds. The molecule has 0 unspecified atom stereocenters. The van der Waals surface area contributed by atoms with E-state index in [9.17, 15) is 0 Å². The Labute approximate surface area is 132 Å². The smallest absolute Gasteiger partial charge is 0.222 e. The number of hydrogen-bond donors (Lipinski definition) is 2. The number of rotatable bonds is 7. The minimum absolute atomic E-state index is 0.0705. The first-order chi connectivity index (χ1) is 10.4. The number of hydrogen-bond acceptors (Lipinski definition) is 5. The summed E-state index contributed by atoms with van der Waals surface area (Å²) in [6.45, 7) is 10.5. The van der Waals surface area contributed by atoms with Crippen LogP contribution in [0.25, 0.3) is 11.0 Å². The Morgan fingerprint density at radius 2 is 2.14 bits per heavy atom. The van der Waals surface area contributed by atoms with Gasteiger partial charge in [0.05, 0.1) is 5.52 Å². The Morgan fingerprint density at radius 1 is 1.36 bits per heavy atom. The zero-order valence-electron chi connectivity index (χ0n) is 13.7. The van der Waals surface area contributed by atoms with Crippen molar-refractivity contribution in [3.8, 4) is 0 Å². The van der Waals surface area contributed by atoms with Crippen molar-refractivity contribution in [2.24, 2.45) is 0 Å². The van der Waals surface area contributed by atoms with Gasteiger partial charge in [-0.2, -0.15) is 4.98 Å². The van der Waals surface area contributed by atoms with Crippen molar-refractivity contribution in [1.29, 1.82) is 0 Å². The highest BCUT2D eigenvalue weighted by Gasteiger charge is 2.24. The normalized spacial score (nSPS) is 13.8. The lowest BCUT2D eigenvalue weighted by Gasteiger charge is -2.31. The maximum absolute atomic E-state index is 5.84. The molecular weight excluding hydrogens is 274 g/mol. The summed E-state index contributed by atoms with van der Waals surface area (Å²) in [5.74, 6) is 0.975. The zero-order chi connectivity index (χ0) is 16.2. The van der Waals surface area contributed by atoms with Gasteiger partial charge in [-0.15, -0.1) is 6.58 Å². The van der Waals surface area contributed by atoms with Crippen LogP contribution in [0.3, 0.4) is 0 Å². The first-order valence-corrected chi connectivity index (χ1v) is 7.74. The molecule has 0 bridgehead atoms. The fourth-order valence-electron chi connectivity index (χ4n) is 2.65. The van der Waals surface area contributed by atoms with Crippen LogP contribution in [0.4, 0.5) is 11.8 Å². The van der Waals surface area contributed by atoms with Gasteiger partial charge in [-0.25, -0.2) is 4.98 Å². The van der Waals surface area contributed by atoms with Crippen LogP contribution in [0.5, 0.6) is 0 Å². The lowest BCUT2D eigenvalue weighted by atomic mass is 9.89. The number of fused-ring (bicyclic) bond motifs is 1. The van der Waals surface area contributed by atoms with Crippen LogP contribution in [-0.2, 0) is 0 Å². The summed E-state index contributed by atoms with van der Waals surface area (Å²) in [7, 11) is 0. The summed E-state index contributed by atoms with van der Waals surface area (Å²) in [6, 6.07) is 3.75. The highest BCUT2D eigenvalue weighted by Crippen LogP contribution is 2.28. The van der Waals surface area contributed by atoms with E-state index >= 15 is 0 Å². The molecule has 0 aromatic carbocycles. The van der Waals surface area contributed by atoms with Crippen molar-refractivity contribution in [1.82, 2.24) is 15.0 Å². The average molecular weight is 299 g/mol. The highest BCUT2D eigenvalue weighted by atomic mass is 15.1. The van der Waals surface area contributed by atoms with Crippen LogP contribution in [0, 0.1) is 0 Å². The summed E-state index contributed by atoms with van der Waals surface area (Å²) in [6.07, 6.45) is 5.85. The summed E-state index contributed by atoms with van der Waals surface area (Å²) >= 11 is 0. The Hall–Kier alpha value is -2.17. The van der Waals surface area contributed by atoms with Crippen LogP contribution in [0.15, 0.2) is 30.5 Å². The molecule has 0 spiro atoms. The molecule has 2 aromatic heterocycles. The Bertz CT molecular complexity index is 667. The van der Waals surface area contributed by atoms with Gasteiger partial charge in [0, 0.05) is 11.7 Å². The molecule has 0 aliphatic carbocycles. The molecule has 2 heterocycles. The van der Waals surface area contributed by atoms with E-state index in [1.165, 1.54) is 5.57 Å². The number of anilines is 2. The van der Waals surface area contributed by atoms with Gasteiger partial charge in [-0.05, 0) is 45.2 Å². The molecule has 0 saturated carbocycles. The molecule has 1 atom stereocenters. The third-order valence-electron chi connectivity index (χ3n) is 3.80. The van der Waals surface area contributed by atoms with E-state index in [1.807, 2.05) is 12.1 Å². The van der Waals surface area contributed by atoms with Crippen LogP contribution in [0.2, 0.25) is 0 Å². The van der Waals surface area contributed by atoms with Crippen LogP contribution >= 0.6 is 0 Å². The van der Waals surface area contributed by atoms with Crippen molar-refractivity contribution in [3.63, 3.8) is 0 Å². The molecule has 2 rings (SSSR count). The third kappa shape index (κ3) is 3.93. The van der Waals surface area contributed by atoms with E-state index < -0.39 is 0 Å². The zero-order valence-corrected chi connectivity index (χ0v) is 13.7. The van der Waals surface area contributed by atoms with Crippen molar-refractivity contribution in [3.05, 3.63) is 30.5 Å². The molecule has 2 aromatic rings. The standard InChI is InChI=1S/C17H25N5/c1-5-9-17(4,10-8-12(2)3)22-15-14-13(7-6-11-19-14)20-16(18)21-15/h6-7,11H,2,5,8-10H2,1,3-4H3,(H3,18,20,21,22)/t17-/m1/s1. The SMILES string of the molecule is C=C(C)CC[C@@](C)(CCC)Nc1nc(N)nc2cccnc12. The van der Waals surface area contributed by atoms with Gasteiger partial charge >= 0.3 is 0 Å². The largest absolute Gasteiger partial charge is 0.368 e. The minimum Gasteiger partial charge on any atom is -0.368 e. The number of aromatic nitrogens is 3. The predicted octanol–water partition coefficient (Wildman–Crippen LogP) is 3.93. The third-order valence-corrected chi connectivity index (χ3v) is 3.80. The Morgan fingerprint density at radius 3 is 2.82 bits per heavy atom. The molecule has 118 valence electrons. The molecule has 0 aliphatic rings. The fraction of sp³-hybridized carbons (Fsp3) is 0.471. The molecule has 0 radical (unpaired) electrons. The van der Waals surface area contributed by atoms with E-state index in [0.717, 1.165) is 36.7 Å². The van der Waals surface area contributed by atoms with Crippen molar-refractivity contribution < 1.29 is 0 Å². The van der Waals surface area contributed by atoms with Gasteiger partial charge in [-0.1, -0.05) is 18.9 Å². The van der Waals surface area contributed by atoms with Gasteiger partial charge in [0.25, 0.3) is 0 Å². The fourth-order valence-corrected chi connectivity index (χ4v) is 2.65. The van der Waals surface area contributed by atoms with Crippen LogP contribution in [0.1, 0.15) is 46.5 Å². The molecule has 5 heteroatoms. The lowest BCUT2D eigenvalue weighted by Crippen LogP contribution is -2.35. The maximum atomic E-state index is 5.84. The van der Waals surface area contributed by atoms with E-state index in [-0.39, 0.29) is 11.5 Å². The second kappa shape index (κ2) is 6.73. The average Bonchev–Trinajstić information content (AvgIpc) is 2.45. The van der Waals surface area contributed by atoms with E-state index in [1.54, 1.807) is 6.20 Å². The number of nitrogens with two attached hydrogens (primary N) is 1. The first kappa shape index (κ1) is 16.2. The molecule has 22 heavy (non-hydrogen) atoms. The van der Waals surface area contributed by atoms with Gasteiger partial charge in [0.2, 0.25) is 5.95 Å². The van der Waals surface area contributed by atoms with Gasteiger partial charge in [-0.3, -0.25) is 4.98 Å². The number of allylic oxidation sites excluding steroid dienone is 1. The number of pyridine rings is 1. The monoisotopic (exact) mass is 299 g/mol. The summed E-state index contributed by atoms with van der Waals surface area (Å²) in [4.78, 5) is 13.0. The van der Waals surface area contributed by atoms with E-state index in [0.29, 0.717) is 5.82 Å². The number of nitrogens with zero attached hydrogens (tertiary/aromatic N) is 3. The van der Waals surface area contributed by atoms with Gasteiger partial charge < -0.3 is 11.1 Å². The predicted molar refractivity (Wildman–Crippen MR) is 92.7 cm³/mol. The van der Waals surface area contributed by atoms with Crippen molar-refractivity contribution in [2.45, 2.75) is 52.0 Å². The lowest BCUT2D eigenvalue weighted by molar-refractivity contribution is 0.431. The molecule has 0 saturated heterocycles. The molecular formula is C17H25N5. The molecule has 0 fully saturated rings. The summed E-state index contributed by atoms with van der Waals surface area (Å²) in [5, 5.41) is 3.56. The van der Waals surface area contributed by atoms with Crippen LogP contribution < -0.4 is 11.1 Å². The Balaban J connectivity index is 2.35. The summed E-state index contributed by atoms with van der Waals surface area (Å²) < 4.78 is 0. The number of nitrogens with one attached hydrogen (secondary N) is 1. The second-order valence-electron chi connectivity index (χ2n) is 6.19. The topological polar surface area (TPSA) is 76.7 Å².